The van der Waals surface area contributed by atoms with Gasteiger partial charge in [-0.25, -0.2) is 19.6 Å². The number of hydrogen-bond acceptors (Lipinski definition) is 8. The van der Waals surface area contributed by atoms with Crippen LogP contribution in [0.1, 0.15) is 102 Å². The van der Waals surface area contributed by atoms with Crippen molar-refractivity contribution in [3.05, 3.63) is 71.6 Å². The molecular formula is C38H48N6O6. The van der Waals surface area contributed by atoms with Gasteiger partial charge in [-0.15, -0.1) is 0 Å². The maximum absolute atomic E-state index is 12.9. The molecule has 0 bridgehead atoms. The van der Waals surface area contributed by atoms with Crippen LogP contribution in [0.15, 0.2) is 48.8 Å². The number of rotatable bonds is 7. The number of ether oxygens (including phenoxy) is 2. The van der Waals surface area contributed by atoms with Gasteiger partial charge in [0.25, 0.3) is 0 Å². The van der Waals surface area contributed by atoms with Crippen molar-refractivity contribution in [2.24, 2.45) is 0 Å². The Morgan fingerprint density at radius 2 is 1.12 bits per heavy atom. The molecule has 2 aliphatic rings. The van der Waals surface area contributed by atoms with Crippen molar-refractivity contribution in [1.82, 2.24) is 29.7 Å². The van der Waals surface area contributed by atoms with Crippen LogP contribution in [0.4, 0.5) is 9.59 Å². The fraction of sp³-hybridized carbons (Fsp3) is 0.474. The monoisotopic (exact) mass is 684 g/mol. The van der Waals surface area contributed by atoms with Crippen LogP contribution in [-0.4, -0.2) is 76.4 Å². The number of nitrogens with zero attached hydrogens (tertiary/aromatic N) is 4. The van der Waals surface area contributed by atoms with Crippen LogP contribution in [0.5, 0.6) is 0 Å². The van der Waals surface area contributed by atoms with E-state index >= 15 is 0 Å². The number of amides is 2. The van der Waals surface area contributed by atoms with E-state index in [0.29, 0.717) is 35.9 Å². The minimum atomic E-state index is -0.581. The Morgan fingerprint density at radius 3 is 1.48 bits per heavy atom. The molecule has 4 aromatic rings. The summed E-state index contributed by atoms with van der Waals surface area (Å²) in [5.74, 6) is 1.40. The van der Waals surface area contributed by atoms with E-state index in [-0.39, 0.29) is 37.5 Å². The zero-order valence-electron chi connectivity index (χ0n) is 29.7. The molecular weight excluding hydrogens is 636 g/mol. The average molecular weight is 685 g/mol. The number of aromatic amines is 2. The van der Waals surface area contributed by atoms with Gasteiger partial charge in [0.1, 0.15) is 22.9 Å². The summed E-state index contributed by atoms with van der Waals surface area (Å²) in [5.41, 5.74) is 5.09. The molecule has 2 saturated heterocycles. The number of aromatic nitrogens is 4. The summed E-state index contributed by atoms with van der Waals surface area (Å²) < 4.78 is 11.3. The Hall–Kier alpha value is -4.68. The zero-order valence-corrected chi connectivity index (χ0v) is 29.7. The van der Waals surface area contributed by atoms with Crippen molar-refractivity contribution in [1.29, 1.82) is 0 Å². The summed E-state index contributed by atoms with van der Waals surface area (Å²) in [7, 11) is 0. The Balaban J connectivity index is 1.21. The summed E-state index contributed by atoms with van der Waals surface area (Å²) in [4.78, 5) is 45.2. The first-order chi connectivity index (χ1) is 23.7. The van der Waals surface area contributed by atoms with Gasteiger partial charge in [-0.2, -0.15) is 0 Å². The maximum atomic E-state index is 12.9. The normalized spacial score (nSPS) is 18.2. The fourth-order valence-electron chi connectivity index (χ4n) is 6.80. The van der Waals surface area contributed by atoms with Gasteiger partial charge in [-0.05, 0) is 113 Å². The van der Waals surface area contributed by atoms with Gasteiger partial charge in [0, 0.05) is 13.1 Å². The van der Waals surface area contributed by atoms with Crippen LogP contribution in [0.25, 0.3) is 33.6 Å². The molecule has 2 aromatic carbocycles. The van der Waals surface area contributed by atoms with Gasteiger partial charge in [-0.1, -0.05) is 24.3 Å². The second-order valence-corrected chi connectivity index (χ2v) is 15.1. The van der Waals surface area contributed by atoms with E-state index in [0.717, 1.165) is 59.3 Å². The number of carbonyl (C=O) groups excluding carboxylic acids is 2. The first kappa shape index (κ1) is 35.2. The van der Waals surface area contributed by atoms with Crippen molar-refractivity contribution in [3.63, 3.8) is 0 Å². The molecule has 2 aliphatic heterocycles. The predicted molar refractivity (Wildman–Crippen MR) is 189 cm³/mol. The molecule has 0 radical (unpaired) electrons. The highest BCUT2D eigenvalue weighted by molar-refractivity contribution is 5.77. The van der Waals surface area contributed by atoms with Gasteiger partial charge in [0.15, 0.2) is 0 Å². The lowest BCUT2D eigenvalue weighted by molar-refractivity contribution is 0.0208. The van der Waals surface area contributed by atoms with Crippen molar-refractivity contribution in [2.75, 3.05) is 13.1 Å². The molecule has 0 spiro atoms. The number of H-pyrrole nitrogens is 2. The molecule has 0 aliphatic carbocycles. The highest BCUT2D eigenvalue weighted by atomic mass is 16.6. The largest absolute Gasteiger partial charge is 0.444 e. The van der Waals surface area contributed by atoms with Crippen LogP contribution < -0.4 is 0 Å². The van der Waals surface area contributed by atoms with Gasteiger partial charge < -0.3 is 29.7 Å². The maximum Gasteiger partial charge on any atom is 0.410 e. The van der Waals surface area contributed by atoms with Crippen LogP contribution in [-0.2, 0) is 22.7 Å². The number of likely N-dealkylation sites (tertiary alicyclic amines) is 2. The third-order valence-corrected chi connectivity index (χ3v) is 9.05. The minimum Gasteiger partial charge on any atom is -0.444 e. The lowest BCUT2D eigenvalue weighted by Crippen LogP contribution is -2.36. The molecule has 50 heavy (non-hydrogen) atoms. The van der Waals surface area contributed by atoms with E-state index in [1.54, 1.807) is 22.2 Å². The van der Waals surface area contributed by atoms with E-state index in [2.05, 4.69) is 19.9 Å². The molecule has 266 valence electrons. The first-order valence-electron chi connectivity index (χ1n) is 17.3. The molecule has 2 amide bonds. The van der Waals surface area contributed by atoms with Crippen molar-refractivity contribution >= 4 is 12.2 Å². The molecule has 2 fully saturated rings. The Bertz CT molecular complexity index is 1720. The topological polar surface area (TPSA) is 157 Å². The molecule has 12 heteroatoms. The summed E-state index contributed by atoms with van der Waals surface area (Å²) in [6.07, 6.45) is 6.12. The highest BCUT2D eigenvalue weighted by Gasteiger charge is 2.36. The summed E-state index contributed by atoms with van der Waals surface area (Å²) in [5, 5.41) is 20.9. The Kier molecular flexibility index (Phi) is 9.78. The lowest BCUT2D eigenvalue weighted by Gasteiger charge is -2.27. The molecule has 12 nitrogen and oxygen atoms in total. The molecule has 2 atom stereocenters. The molecule has 0 saturated carbocycles. The quantitative estimate of drug-likeness (QED) is 0.158. The van der Waals surface area contributed by atoms with Gasteiger partial charge in [-0.3, -0.25) is 9.80 Å². The SMILES string of the molecule is CC(C)(C)OC(=O)N1CCC[C@@H]1c1ncc(-c2ccc(-c3ccc(-c4cnc([C@@H]5CCCN5C(=O)OC(C)(C)C)[nH]4)cc3CO)c(CO)c2)[nH]1. The molecule has 6 rings (SSSR count). The van der Waals surface area contributed by atoms with Gasteiger partial charge in [0.05, 0.1) is 49.1 Å². The van der Waals surface area contributed by atoms with Gasteiger partial charge in [0.2, 0.25) is 0 Å². The Labute approximate surface area is 292 Å². The molecule has 2 aromatic heterocycles. The second kappa shape index (κ2) is 13.9. The number of imidazole rings is 2. The standard InChI is InChI=1S/C38H48N6O6/c1-37(2,3)49-35(47)43-15-7-9-31(43)33-39-19-29(41-33)23-11-13-27(25(17-23)21-45)28-14-12-24(18-26(28)22-46)30-20-40-34(42-30)32-10-8-16-44(32)36(48)50-38(4,5)6/h11-14,17-20,31-32,45-46H,7-10,15-16,21-22H2,1-6H3,(H,39,41)(H,40,42)/t31-,32+. The highest BCUT2D eigenvalue weighted by Crippen LogP contribution is 2.37. The smallest absolute Gasteiger partial charge is 0.410 e. The minimum absolute atomic E-state index is 0.200. The van der Waals surface area contributed by atoms with Crippen LogP contribution >= 0.6 is 0 Å². The van der Waals surface area contributed by atoms with Crippen LogP contribution in [0, 0.1) is 0 Å². The van der Waals surface area contributed by atoms with E-state index < -0.39 is 11.2 Å². The number of nitrogens with one attached hydrogen (secondary N) is 2. The van der Waals surface area contributed by atoms with E-state index in [1.807, 2.05) is 77.9 Å². The molecule has 0 unspecified atom stereocenters. The van der Waals surface area contributed by atoms with E-state index in [4.69, 9.17) is 9.47 Å². The summed E-state index contributed by atoms with van der Waals surface area (Å²) in [6, 6.07) is 11.2. The van der Waals surface area contributed by atoms with Crippen molar-refractivity contribution < 1.29 is 29.3 Å². The second-order valence-electron chi connectivity index (χ2n) is 15.1. The van der Waals surface area contributed by atoms with Crippen molar-refractivity contribution in [2.45, 2.75) is 104 Å². The van der Waals surface area contributed by atoms with Gasteiger partial charge >= 0.3 is 12.2 Å². The number of carbonyl (C=O) groups is 2. The van der Waals surface area contributed by atoms with Crippen LogP contribution in [0.2, 0.25) is 0 Å². The Morgan fingerprint density at radius 1 is 0.720 bits per heavy atom. The van der Waals surface area contributed by atoms with Crippen molar-refractivity contribution in [3.8, 4) is 33.6 Å². The third kappa shape index (κ3) is 7.56. The number of aliphatic hydroxyl groups is 2. The number of hydrogen-bond donors (Lipinski definition) is 4. The average Bonchev–Trinajstić information content (AvgIpc) is 3.88. The van der Waals surface area contributed by atoms with Crippen LogP contribution in [0.3, 0.4) is 0 Å². The third-order valence-electron chi connectivity index (χ3n) is 9.05. The lowest BCUT2D eigenvalue weighted by atomic mass is 9.92. The fourth-order valence-corrected chi connectivity index (χ4v) is 6.80. The summed E-state index contributed by atoms with van der Waals surface area (Å²) in [6.45, 7) is 12.0. The zero-order chi connectivity index (χ0) is 35.8. The van der Waals surface area contributed by atoms with E-state index in [9.17, 15) is 19.8 Å². The number of aliphatic hydroxyl groups excluding tert-OH is 2. The molecule has 4 N–H and O–H groups in total. The predicted octanol–water partition coefficient (Wildman–Crippen LogP) is 7.26. The first-order valence-corrected chi connectivity index (χ1v) is 17.3. The number of benzene rings is 2. The van der Waals surface area contributed by atoms with E-state index in [1.165, 1.54) is 0 Å². The molecule has 4 heterocycles. The summed E-state index contributed by atoms with van der Waals surface area (Å²) >= 11 is 0.